The standard InChI is InChI=1S/C3H7NOS/c1-3(4-5)6-2/h5H,1-2H3. The second-order valence-corrected chi connectivity index (χ2v) is 1.82. The quantitative estimate of drug-likeness (QED) is 0.217. The van der Waals surface area contributed by atoms with Gasteiger partial charge in [-0.1, -0.05) is 5.16 Å². The van der Waals surface area contributed by atoms with Gasteiger partial charge >= 0.3 is 0 Å². The zero-order valence-corrected chi connectivity index (χ0v) is 4.62. The Balaban J connectivity index is 3.22. The van der Waals surface area contributed by atoms with E-state index in [2.05, 4.69) is 5.16 Å². The maximum atomic E-state index is 7.90. The Labute approximate surface area is 41.2 Å². The Morgan fingerprint density at radius 1 is 1.83 bits per heavy atom. The molecule has 36 valence electrons. The number of oxime groups is 1. The number of hydrogen-bond donors (Lipinski definition) is 1. The second kappa shape index (κ2) is 3.03. The van der Waals surface area contributed by atoms with E-state index in [0.29, 0.717) is 5.04 Å². The van der Waals surface area contributed by atoms with Crippen molar-refractivity contribution in [1.82, 2.24) is 0 Å². The van der Waals surface area contributed by atoms with Gasteiger partial charge in [0.05, 0.1) is 0 Å². The van der Waals surface area contributed by atoms with Crippen LogP contribution in [0.15, 0.2) is 5.16 Å². The summed E-state index contributed by atoms with van der Waals surface area (Å²) in [7, 11) is 0. The first-order chi connectivity index (χ1) is 2.81. The van der Waals surface area contributed by atoms with Crippen molar-refractivity contribution in [3.63, 3.8) is 0 Å². The number of rotatable bonds is 0. The van der Waals surface area contributed by atoms with Crippen molar-refractivity contribution in [2.24, 2.45) is 5.16 Å². The van der Waals surface area contributed by atoms with E-state index in [-0.39, 0.29) is 0 Å². The third-order valence-corrected chi connectivity index (χ3v) is 1.11. The van der Waals surface area contributed by atoms with Crippen LogP contribution in [0.5, 0.6) is 0 Å². The van der Waals surface area contributed by atoms with E-state index in [9.17, 15) is 0 Å². The lowest BCUT2D eigenvalue weighted by Crippen LogP contribution is -1.76. The third kappa shape index (κ3) is 2.08. The zero-order valence-electron chi connectivity index (χ0n) is 3.80. The monoisotopic (exact) mass is 105 g/mol. The summed E-state index contributed by atoms with van der Waals surface area (Å²) in [5.74, 6) is 0. The Kier molecular flexibility index (Phi) is 2.94. The Hall–Kier alpha value is -0.180. The van der Waals surface area contributed by atoms with Crippen LogP contribution in [0.4, 0.5) is 0 Å². The van der Waals surface area contributed by atoms with E-state index in [1.807, 2.05) is 6.26 Å². The van der Waals surface area contributed by atoms with Crippen molar-refractivity contribution >= 4 is 16.8 Å². The highest BCUT2D eigenvalue weighted by Crippen LogP contribution is 1.92. The molecule has 0 saturated heterocycles. The maximum absolute atomic E-state index is 7.90. The van der Waals surface area contributed by atoms with E-state index in [1.54, 1.807) is 6.92 Å². The van der Waals surface area contributed by atoms with Crippen LogP contribution < -0.4 is 0 Å². The summed E-state index contributed by atoms with van der Waals surface area (Å²) in [5.41, 5.74) is 0. The fourth-order valence-electron chi connectivity index (χ4n) is 0.0408. The van der Waals surface area contributed by atoms with Gasteiger partial charge in [0, 0.05) is 0 Å². The first kappa shape index (κ1) is 5.82. The predicted molar refractivity (Wildman–Crippen MR) is 28.4 cm³/mol. The summed E-state index contributed by atoms with van der Waals surface area (Å²) >= 11 is 1.42. The molecule has 0 amide bonds. The molecule has 0 aromatic carbocycles. The maximum Gasteiger partial charge on any atom is 0.109 e. The van der Waals surface area contributed by atoms with E-state index >= 15 is 0 Å². The molecule has 3 heteroatoms. The van der Waals surface area contributed by atoms with Crippen molar-refractivity contribution < 1.29 is 5.21 Å². The minimum Gasteiger partial charge on any atom is -0.410 e. The molecule has 0 aromatic rings. The van der Waals surface area contributed by atoms with Crippen LogP contribution in [0, 0.1) is 0 Å². The van der Waals surface area contributed by atoms with Crippen molar-refractivity contribution in [1.29, 1.82) is 0 Å². The smallest absolute Gasteiger partial charge is 0.109 e. The first-order valence-electron chi connectivity index (χ1n) is 1.54. The van der Waals surface area contributed by atoms with Gasteiger partial charge in [0.15, 0.2) is 0 Å². The van der Waals surface area contributed by atoms with E-state index < -0.39 is 0 Å². The van der Waals surface area contributed by atoms with Crippen LogP contribution in [-0.2, 0) is 0 Å². The number of thioether (sulfide) groups is 1. The average molecular weight is 105 g/mol. The fourth-order valence-corrected chi connectivity index (χ4v) is 0.122. The highest BCUT2D eigenvalue weighted by atomic mass is 32.2. The topological polar surface area (TPSA) is 32.6 Å². The highest BCUT2D eigenvalue weighted by Gasteiger charge is 1.78. The van der Waals surface area contributed by atoms with Gasteiger partial charge in [0.2, 0.25) is 0 Å². The normalized spacial score (nSPS) is 12.0. The van der Waals surface area contributed by atoms with Gasteiger partial charge < -0.3 is 5.21 Å². The molecule has 0 saturated carbocycles. The molecule has 6 heavy (non-hydrogen) atoms. The lowest BCUT2D eigenvalue weighted by Gasteiger charge is -1.81. The first-order valence-corrected chi connectivity index (χ1v) is 2.76. The molecule has 0 fully saturated rings. The molecule has 0 unspecified atom stereocenters. The molecule has 0 rings (SSSR count). The van der Waals surface area contributed by atoms with Crippen molar-refractivity contribution in [3.8, 4) is 0 Å². The minimum atomic E-state index is 0.690. The fraction of sp³-hybridized carbons (Fsp3) is 0.667. The molecule has 0 aliphatic rings. The molecule has 0 atom stereocenters. The summed E-state index contributed by atoms with van der Waals surface area (Å²) in [4.78, 5) is 0. The number of nitrogens with zero attached hydrogens (tertiary/aromatic N) is 1. The van der Waals surface area contributed by atoms with Crippen LogP contribution in [0.1, 0.15) is 6.92 Å². The summed E-state index contributed by atoms with van der Waals surface area (Å²) in [6.07, 6.45) is 1.86. The molecule has 0 radical (unpaired) electrons. The Morgan fingerprint density at radius 2 is 2.33 bits per heavy atom. The summed E-state index contributed by atoms with van der Waals surface area (Å²) in [5, 5.41) is 11.5. The predicted octanol–water partition coefficient (Wildman–Crippen LogP) is 1.16. The SMILES string of the molecule is CSC(C)=NO. The van der Waals surface area contributed by atoms with Crippen molar-refractivity contribution in [2.45, 2.75) is 6.92 Å². The third-order valence-electron chi connectivity index (χ3n) is 0.436. The average Bonchev–Trinajstić information content (AvgIpc) is 1.65. The second-order valence-electron chi connectivity index (χ2n) is 0.823. The molecule has 0 heterocycles. The van der Waals surface area contributed by atoms with Crippen LogP contribution >= 0.6 is 11.8 Å². The molecule has 1 N–H and O–H groups in total. The van der Waals surface area contributed by atoms with Gasteiger partial charge in [-0.15, -0.1) is 11.8 Å². The molecular weight excluding hydrogens is 98.1 g/mol. The van der Waals surface area contributed by atoms with Crippen LogP contribution in [0.3, 0.4) is 0 Å². The molecule has 0 aromatic heterocycles. The van der Waals surface area contributed by atoms with Gasteiger partial charge in [-0.25, -0.2) is 0 Å². The molecule has 0 spiro atoms. The molecule has 0 bridgehead atoms. The van der Waals surface area contributed by atoms with Gasteiger partial charge in [0.25, 0.3) is 0 Å². The summed E-state index contributed by atoms with van der Waals surface area (Å²) in [6.45, 7) is 1.74. The van der Waals surface area contributed by atoms with Gasteiger partial charge in [0.1, 0.15) is 5.04 Å². The zero-order chi connectivity index (χ0) is 4.99. The minimum absolute atomic E-state index is 0.690. The van der Waals surface area contributed by atoms with Crippen molar-refractivity contribution in [3.05, 3.63) is 0 Å². The van der Waals surface area contributed by atoms with Gasteiger partial charge in [-0.3, -0.25) is 0 Å². The largest absolute Gasteiger partial charge is 0.410 e. The van der Waals surface area contributed by atoms with Crippen LogP contribution in [0.25, 0.3) is 0 Å². The van der Waals surface area contributed by atoms with E-state index in [4.69, 9.17) is 5.21 Å². The number of hydrogen-bond acceptors (Lipinski definition) is 3. The van der Waals surface area contributed by atoms with E-state index in [0.717, 1.165) is 0 Å². The summed E-state index contributed by atoms with van der Waals surface area (Å²) in [6, 6.07) is 0. The van der Waals surface area contributed by atoms with Gasteiger partial charge in [-0.2, -0.15) is 0 Å². The highest BCUT2D eigenvalue weighted by molar-refractivity contribution is 8.13. The Morgan fingerprint density at radius 3 is 2.33 bits per heavy atom. The molecule has 0 aliphatic carbocycles. The van der Waals surface area contributed by atoms with Crippen molar-refractivity contribution in [2.75, 3.05) is 6.26 Å². The molecule has 2 nitrogen and oxygen atoms in total. The van der Waals surface area contributed by atoms with Crippen LogP contribution in [0.2, 0.25) is 0 Å². The lowest BCUT2D eigenvalue weighted by molar-refractivity contribution is 0.320. The molecular formula is C3H7NOS. The lowest BCUT2D eigenvalue weighted by atomic mass is 10.9. The summed E-state index contributed by atoms with van der Waals surface area (Å²) < 4.78 is 0. The molecule has 0 aliphatic heterocycles. The van der Waals surface area contributed by atoms with Gasteiger partial charge in [-0.05, 0) is 13.2 Å². The van der Waals surface area contributed by atoms with Crippen LogP contribution in [-0.4, -0.2) is 16.5 Å². The van der Waals surface area contributed by atoms with E-state index in [1.165, 1.54) is 11.8 Å². The Bertz CT molecular complexity index is 61.8.